The molecular formula is C13H18ClN3S. The summed E-state index contributed by atoms with van der Waals surface area (Å²) in [5, 5.41) is 0. The van der Waals surface area contributed by atoms with Gasteiger partial charge in [0, 0.05) is 25.0 Å². The number of hydrogen-bond acceptors (Lipinski definition) is 3. The van der Waals surface area contributed by atoms with E-state index < -0.39 is 0 Å². The van der Waals surface area contributed by atoms with Gasteiger partial charge in [-0.3, -0.25) is 0 Å². The molecule has 0 radical (unpaired) electrons. The van der Waals surface area contributed by atoms with Gasteiger partial charge in [0.1, 0.15) is 11.3 Å². The number of fused-ring (bicyclic) bond motifs is 1. The summed E-state index contributed by atoms with van der Waals surface area (Å²) in [6.45, 7) is 0.986. The molecule has 0 aromatic carbocycles. The second kappa shape index (κ2) is 7.00. The summed E-state index contributed by atoms with van der Waals surface area (Å²) in [6.07, 6.45) is 7.17. The highest BCUT2D eigenvalue weighted by atomic mass is 35.5. The molecule has 0 bridgehead atoms. The maximum absolute atomic E-state index is 5.84. The average molecular weight is 284 g/mol. The van der Waals surface area contributed by atoms with Gasteiger partial charge in [-0.15, -0.1) is 11.6 Å². The highest BCUT2D eigenvalue weighted by Gasteiger charge is 2.10. The smallest absolute Gasteiger partial charge is 0.159 e. The number of unbranched alkanes of at least 4 members (excludes halogenated alkanes) is 1. The number of aromatic nitrogens is 3. The summed E-state index contributed by atoms with van der Waals surface area (Å²) in [6, 6.07) is 3.94. The minimum atomic E-state index is 0.605. The van der Waals surface area contributed by atoms with Crippen molar-refractivity contribution < 1.29 is 0 Å². The second-order valence-corrected chi connectivity index (χ2v) is 5.53. The molecule has 2 rings (SSSR count). The van der Waals surface area contributed by atoms with Crippen LogP contribution in [-0.2, 0) is 13.0 Å². The number of alkyl halides is 1. The molecule has 2 heterocycles. The lowest BCUT2D eigenvalue weighted by Gasteiger charge is -2.07. The van der Waals surface area contributed by atoms with E-state index in [1.54, 1.807) is 0 Å². The molecule has 0 fully saturated rings. The first kappa shape index (κ1) is 13.7. The van der Waals surface area contributed by atoms with Crippen LogP contribution in [-0.4, -0.2) is 32.4 Å². The van der Waals surface area contributed by atoms with E-state index in [0.717, 1.165) is 36.4 Å². The van der Waals surface area contributed by atoms with Gasteiger partial charge in [0.2, 0.25) is 0 Å². The molecule has 0 aliphatic rings. The Kier molecular flexibility index (Phi) is 5.32. The number of halogens is 1. The van der Waals surface area contributed by atoms with E-state index >= 15 is 0 Å². The van der Waals surface area contributed by atoms with Crippen molar-refractivity contribution in [2.45, 2.75) is 25.8 Å². The van der Waals surface area contributed by atoms with Crippen molar-refractivity contribution in [1.29, 1.82) is 0 Å². The molecule has 2 aromatic heterocycles. The molecule has 0 N–H and O–H groups in total. The van der Waals surface area contributed by atoms with E-state index in [-0.39, 0.29) is 0 Å². The molecular weight excluding hydrogens is 266 g/mol. The van der Waals surface area contributed by atoms with E-state index in [1.165, 1.54) is 12.2 Å². The van der Waals surface area contributed by atoms with Crippen molar-refractivity contribution in [1.82, 2.24) is 14.5 Å². The van der Waals surface area contributed by atoms with E-state index in [1.807, 2.05) is 30.1 Å². The van der Waals surface area contributed by atoms with Crippen LogP contribution in [0, 0.1) is 0 Å². The first-order valence-electron chi connectivity index (χ1n) is 6.22. The number of hydrogen-bond donors (Lipinski definition) is 0. The van der Waals surface area contributed by atoms with E-state index in [9.17, 15) is 0 Å². The summed E-state index contributed by atoms with van der Waals surface area (Å²) >= 11 is 7.74. The summed E-state index contributed by atoms with van der Waals surface area (Å²) in [7, 11) is 0. The van der Waals surface area contributed by atoms with Gasteiger partial charge in [-0.05, 0) is 37.0 Å². The van der Waals surface area contributed by atoms with E-state index in [4.69, 9.17) is 11.6 Å². The molecule has 18 heavy (non-hydrogen) atoms. The Morgan fingerprint density at radius 1 is 1.39 bits per heavy atom. The van der Waals surface area contributed by atoms with Crippen molar-refractivity contribution in [3.63, 3.8) is 0 Å². The van der Waals surface area contributed by atoms with Crippen LogP contribution in [0.3, 0.4) is 0 Å². The first-order valence-corrected chi connectivity index (χ1v) is 8.14. The molecule has 98 valence electrons. The Morgan fingerprint density at radius 3 is 3.06 bits per heavy atom. The normalized spacial score (nSPS) is 11.2. The summed E-state index contributed by atoms with van der Waals surface area (Å²) in [5.41, 5.74) is 1.96. The number of rotatable bonds is 7. The van der Waals surface area contributed by atoms with Crippen LogP contribution in [0.25, 0.3) is 11.2 Å². The topological polar surface area (TPSA) is 30.7 Å². The van der Waals surface area contributed by atoms with Crippen molar-refractivity contribution in [2.24, 2.45) is 0 Å². The quantitative estimate of drug-likeness (QED) is 0.577. The van der Waals surface area contributed by atoms with Gasteiger partial charge in [-0.1, -0.05) is 0 Å². The number of thioether (sulfide) groups is 1. The van der Waals surface area contributed by atoms with Crippen molar-refractivity contribution in [3.8, 4) is 0 Å². The van der Waals surface area contributed by atoms with Crippen LogP contribution in [0.4, 0.5) is 0 Å². The van der Waals surface area contributed by atoms with Crippen LogP contribution in [0.5, 0.6) is 0 Å². The third kappa shape index (κ3) is 3.18. The Labute approximate surface area is 117 Å². The van der Waals surface area contributed by atoms with Gasteiger partial charge in [-0.2, -0.15) is 11.8 Å². The Hall–Kier alpha value is -0.740. The molecule has 0 saturated carbocycles. The Balaban J connectivity index is 2.19. The molecule has 0 amide bonds. The zero-order chi connectivity index (χ0) is 12.8. The minimum absolute atomic E-state index is 0.605. The van der Waals surface area contributed by atoms with Crippen molar-refractivity contribution in [2.75, 3.05) is 17.9 Å². The van der Waals surface area contributed by atoms with Crippen molar-refractivity contribution in [3.05, 3.63) is 24.2 Å². The zero-order valence-corrected chi connectivity index (χ0v) is 12.2. The Bertz CT molecular complexity index is 498. The third-order valence-electron chi connectivity index (χ3n) is 2.88. The van der Waals surface area contributed by atoms with Crippen LogP contribution >= 0.6 is 23.4 Å². The number of pyridine rings is 1. The monoisotopic (exact) mass is 283 g/mol. The highest BCUT2D eigenvalue weighted by molar-refractivity contribution is 7.98. The molecule has 0 atom stereocenters. The van der Waals surface area contributed by atoms with Gasteiger partial charge in [0.15, 0.2) is 5.65 Å². The SMILES string of the molecule is CSCCCCn1c(CCCl)nc2cccnc21. The number of imidazole rings is 1. The number of nitrogens with zero attached hydrogens (tertiary/aromatic N) is 3. The fourth-order valence-corrected chi connectivity index (χ4v) is 2.69. The lowest BCUT2D eigenvalue weighted by Crippen LogP contribution is -2.06. The predicted molar refractivity (Wildman–Crippen MR) is 79.6 cm³/mol. The van der Waals surface area contributed by atoms with Gasteiger partial charge in [0.05, 0.1) is 0 Å². The standard InChI is InChI=1S/C13H18ClN3S/c1-18-10-3-2-9-17-12(6-7-14)16-11-5-4-8-15-13(11)17/h4-5,8H,2-3,6-7,9-10H2,1H3. The highest BCUT2D eigenvalue weighted by Crippen LogP contribution is 2.15. The van der Waals surface area contributed by atoms with E-state index in [0.29, 0.717) is 5.88 Å². The Morgan fingerprint density at radius 2 is 2.28 bits per heavy atom. The molecule has 3 nitrogen and oxygen atoms in total. The van der Waals surface area contributed by atoms with Gasteiger partial charge in [0.25, 0.3) is 0 Å². The molecule has 0 aliphatic heterocycles. The molecule has 5 heteroatoms. The fraction of sp³-hybridized carbons (Fsp3) is 0.538. The van der Waals surface area contributed by atoms with E-state index in [2.05, 4.69) is 20.8 Å². The molecule has 0 spiro atoms. The van der Waals surface area contributed by atoms with Gasteiger partial charge >= 0.3 is 0 Å². The summed E-state index contributed by atoms with van der Waals surface area (Å²) < 4.78 is 2.22. The average Bonchev–Trinajstić information content (AvgIpc) is 2.73. The molecule has 2 aromatic rings. The van der Waals surface area contributed by atoms with Crippen LogP contribution < -0.4 is 0 Å². The molecule has 0 saturated heterocycles. The minimum Gasteiger partial charge on any atom is -0.313 e. The maximum Gasteiger partial charge on any atom is 0.159 e. The van der Waals surface area contributed by atoms with Crippen LogP contribution in [0.1, 0.15) is 18.7 Å². The lowest BCUT2D eigenvalue weighted by molar-refractivity contribution is 0.619. The first-order chi connectivity index (χ1) is 8.86. The molecule has 0 unspecified atom stereocenters. The van der Waals surface area contributed by atoms with Crippen LogP contribution in [0.15, 0.2) is 18.3 Å². The summed E-state index contributed by atoms with van der Waals surface area (Å²) in [4.78, 5) is 9.05. The van der Waals surface area contributed by atoms with Crippen molar-refractivity contribution >= 4 is 34.5 Å². The predicted octanol–water partition coefficient (Wildman–Crippen LogP) is 3.36. The van der Waals surface area contributed by atoms with Gasteiger partial charge in [-0.25, -0.2) is 9.97 Å². The fourth-order valence-electron chi connectivity index (χ4n) is 2.03. The lowest BCUT2D eigenvalue weighted by atomic mass is 10.3. The molecule has 0 aliphatic carbocycles. The maximum atomic E-state index is 5.84. The largest absolute Gasteiger partial charge is 0.313 e. The second-order valence-electron chi connectivity index (χ2n) is 4.16. The van der Waals surface area contributed by atoms with Crippen LogP contribution in [0.2, 0.25) is 0 Å². The summed E-state index contributed by atoms with van der Waals surface area (Å²) in [5.74, 6) is 2.88. The number of aryl methyl sites for hydroxylation is 2. The zero-order valence-electron chi connectivity index (χ0n) is 10.6. The van der Waals surface area contributed by atoms with Gasteiger partial charge < -0.3 is 4.57 Å². The third-order valence-corrected chi connectivity index (χ3v) is 3.77.